The van der Waals surface area contributed by atoms with E-state index in [2.05, 4.69) is 22.5 Å². The minimum Gasteiger partial charge on any atom is -0.381 e. The zero-order chi connectivity index (χ0) is 20.8. The third kappa shape index (κ3) is 8.46. The maximum absolute atomic E-state index is 12.5. The monoisotopic (exact) mass is 432 g/mol. The molecule has 0 amide bonds. The van der Waals surface area contributed by atoms with E-state index in [4.69, 9.17) is 4.74 Å². The summed E-state index contributed by atoms with van der Waals surface area (Å²) in [4.78, 5) is 5.25. The topological polar surface area (TPSA) is 83.0 Å². The summed E-state index contributed by atoms with van der Waals surface area (Å²) >= 11 is 1.34. The number of aliphatic imine (C=N–C) groups is 1. The molecule has 28 heavy (non-hydrogen) atoms. The zero-order valence-corrected chi connectivity index (χ0v) is 19.3. The third-order valence-corrected chi connectivity index (χ3v) is 7.89. The highest BCUT2D eigenvalue weighted by Crippen LogP contribution is 2.25. The lowest BCUT2D eigenvalue weighted by Gasteiger charge is -2.16. The molecular weight excluding hydrogens is 396 g/mol. The minimum atomic E-state index is -3.37. The number of nitrogens with zero attached hydrogens (tertiary/aromatic N) is 2. The first kappa shape index (κ1) is 24.9. The molecule has 162 valence electrons. The Morgan fingerprint density at radius 3 is 2.43 bits per heavy atom. The van der Waals surface area contributed by atoms with Gasteiger partial charge in [0.1, 0.15) is 4.21 Å². The van der Waals surface area contributed by atoms with Crippen LogP contribution in [0, 0.1) is 0 Å². The third-order valence-electron chi connectivity index (χ3n) is 4.22. The van der Waals surface area contributed by atoms with Crippen LogP contribution >= 0.6 is 11.3 Å². The summed E-state index contributed by atoms with van der Waals surface area (Å²) in [5.41, 5.74) is 0. The van der Waals surface area contributed by atoms with Crippen LogP contribution in [0.5, 0.6) is 0 Å². The van der Waals surface area contributed by atoms with Gasteiger partial charge in [0.05, 0.1) is 0 Å². The van der Waals surface area contributed by atoms with Gasteiger partial charge in [0, 0.05) is 51.3 Å². The first-order chi connectivity index (χ1) is 13.5. The highest BCUT2D eigenvalue weighted by atomic mass is 32.2. The van der Waals surface area contributed by atoms with Gasteiger partial charge in [-0.3, -0.25) is 4.99 Å². The lowest BCUT2D eigenvalue weighted by Crippen LogP contribution is -2.38. The summed E-state index contributed by atoms with van der Waals surface area (Å²) in [6, 6.07) is 3.60. The first-order valence-electron chi connectivity index (χ1n) is 10.1. The van der Waals surface area contributed by atoms with Crippen molar-refractivity contribution < 1.29 is 13.2 Å². The quantitative estimate of drug-likeness (QED) is 0.268. The molecule has 0 aromatic carbocycles. The van der Waals surface area contributed by atoms with Crippen molar-refractivity contribution >= 4 is 27.3 Å². The second-order valence-electron chi connectivity index (χ2n) is 6.31. The van der Waals surface area contributed by atoms with Gasteiger partial charge in [-0.2, -0.15) is 4.31 Å². The van der Waals surface area contributed by atoms with Gasteiger partial charge in [-0.15, -0.1) is 11.3 Å². The first-order valence-corrected chi connectivity index (χ1v) is 12.4. The second kappa shape index (κ2) is 13.9. The fraction of sp³-hybridized carbons (Fsp3) is 0.737. The largest absolute Gasteiger partial charge is 0.381 e. The molecule has 9 heteroatoms. The molecule has 0 aliphatic rings. The predicted molar refractivity (Wildman–Crippen MR) is 118 cm³/mol. The van der Waals surface area contributed by atoms with Crippen molar-refractivity contribution in [3.8, 4) is 0 Å². The Hall–Kier alpha value is -1.16. The van der Waals surface area contributed by atoms with E-state index in [0.29, 0.717) is 23.8 Å². The molecular formula is C19H36N4O3S2. The Morgan fingerprint density at radius 1 is 1.11 bits per heavy atom. The van der Waals surface area contributed by atoms with Gasteiger partial charge in [-0.1, -0.05) is 27.2 Å². The number of ether oxygens (including phenoxy) is 1. The van der Waals surface area contributed by atoms with Crippen LogP contribution in [0.1, 0.15) is 44.9 Å². The summed E-state index contributed by atoms with van der Waals surface area (Å²) in [5.74, 6) is 0.751. The molecule has 0 radical (unpaired) electrons. The fourth-order valence-corrected chi connectivity index (χ4v) is 5.54. The molecule has 0 aliphatic carbocycles. The molecule has 7 nitrogen and oxygen atoms in total. The van der Waals surface area contributed by atoms with Gasteiger partial charge in [0.2, 0.25) is 0 Å². The average molecular weight is 433 g/mol. The molecule has 0 bridgehead atoms. The van der Waals surface area contributed by atoms with Gasteiger partial charge in [-0.25, -0.2) is 8.42 Å². The van der Waals surface area contributed by atoms with Crippen LogP contribution in [0.2, 0.25) is 0 Å². The number of sulfonamides is 1. The molecule has 1 aromatic heterocycles. The number of thiophene rings is 1. The Bertz CT molecular complexity index is 670. The van der Waals surface area contributed by atoms with Crippen molar-refractivity contribution in [2.24, 2.45) is 4.99 Å². The maximum Gasteiger partial charge on any atom is 0.252 e. The summed E-state index contributed by atoms with van der Waals surface area (Å²) in [5, 5.41) is 6.53. The molecule has 0 spiro atoms. The second-order valence-corrected chi connectivity index (χ2v) is 9.64. The van der Waals surface area contributed by atoms with Crippen LogP contribution in [0.4, 0.5) is 0 Å². The van der Waals surface area contributed by atoms with Gasteiger partial charge in [0.25, 0.3) is 10.0 Å². The van der Waals surface area contributed by atoms with Crippen molar-refractivity contribution in [1.82, 2.24) is 14.9 Å². The Labute approximate surface area is 174 Å². The van der Waals surface area contributed by atoms with E-state index in [0.717, 1.165) is 56.3 Å². The number of hydrogen-bond donors (Lipinski definition) is 2. The molecule has 0 saturated carbocycles. The normalized spacial score (nSPS) is 12.5. The van der Waals surface area contributed by atoms with Gasteiger partial charge >= 0.3 is 0 Å². The Morgan fingerprint density at radius 2 is 1.79 bits per heavy atom. The predicted octanol–water partition coefficient (Wildman–Crippen LogP) is 2.69. The number of nitrogens with one attached hydrogen (secondary N) is 2. The molecule has 0 unspecified atom stereocenters. The van der Waals surface area contributed by atoms with Crippen LogP contribution in [0.25, 0.3) is 0 Å². The summed E-state index contributed by atoms with van der Waals surface area (Å²) < 4.78 is 32.5. The van der Waals surface area contributed by atoms with E-state index in [1.165, 1.54) is 15.6 Å². The zero-order valence-electron chi connectivity index (χ0n) is 17.7. The summed E-state index contributed by atoms with van der Waals surface area (Å²) in [6.07, 6.45) is 3.94. The van der Waals surface area contributed by atoms with Gasteiger partial charge in [0.15, 0.2) is 5.96 Å². The molecule has 0 saturated heterocycles. The highest BCUT2D eigenvalue weighted by Gasteiger charge is 2.23. The molecule has 2 N–H and O–H groups in total. The summed E-state index contributed by atoms with van der Waals surface area (Å²) in [6.45, 7) is 9.92. The Balaban J connectivity index is 2.36. The molecule has 0 atom stereocenters. The molecule has 0 fully saturated rings. The highest BCUT2D eigenvalue weighted by molar-refractivity contribution is 7.91. The lowest BCUT2D eigenvalue weighted by atomic mass is 10.3. The van der Waals surface area contributed by atoms with Gasteiger partial charge in [-0.05, 0) is 31.4 Å². The molecule has 1 aromatic rings. The lowest BCUT2D eigenvalue weighted by molar-refractivity contribution is 0.129. The van der Waals surface area contributed by atoms with E-state index in [1.54, 1.807) is 13.1 Å². The number of guanidine groups is 1. The van der Waals surface area contributed by atoms with Crippen LogP contribution < -0.4 is 10.6 Å². The number of unbranched alkanes of at least 4 members (excludes halogenated alkanes) is 1. The average Bonchev–Trinajstić information content (AvgIpc) is 3.16. The SMILES string of the molecule is CCCCOCCCNC(=NC)NCCc1ccc(S(=O)(=O)N(CC)CC)s1. The number of rotatable bonds is 14. The van der Waals surface area contributed by atoms with E-state index in [-0.39, 0.29) is 0 Å². The molecule has 1 rings (SSSR count). The van der Waals surface area contributed by atoms with E-state index < -0.39 is 10.0 Å². The van der Waals surface area contributed by atoms with Crippen molar-refractivity contribution in [3.05, 3.63) is 17.0 Å². The summed E-state index contributed by atoms with van der Waals surface area (Å²) in [7, 11) is -1.62. The van der Waals surface area contributed by atoms with Gasteiger partial charge < -0.3 is 15.4 Å². The Kier molecular flexibility index (Phi) is 12.4. The minimum absolute atomic E-state index is 0.414. The fourth-order valence-electron chi connectivity index (χ4n) is 2.58. The van der Waals surface area contributed by atoms with Crippen LogP contribution in [0.15, 0.2) is 21.3 Å². The van der Waals surface area contributed by atoms with Crippen LogP contribution in [0.3, 0.4) is 0 Å². The van der Waals surface area contributed by atoms with E-state index in [1.807, 2.05) is 19.9 Å². The van der Waals surface area contributed by atoms with E-state index >= 15 is 0 Å². The van der Waals surface area contributed by atoms with Crippen molar-refractivity contribution in [2.75, 3.05) is 46.4 Å². The number of hydrogen-bond acceptors (Lipinski definition) is 5. The van der Waals surface area contributed by atoms with Crippen molar-refractivity contribution in [1.29, 1.82) is 0 Å². The van der Waals surface area contributed by atoms with Crippen molar-refractivity contribution in [3.63, 3.8) is 0 Å². The van der Waals surface area contributed by atoms with Crippen molar-refractivity contribution in [2.45, 2.75) is 50.7 Å². The van der Waals surface area contributed by atoms with E-state index in [9.17, 15) is 8.42 Å². The molecule has 1 heterocycles. The van der Waals surface area contributed by atoms with Crippen LogP contribution in [-0.2, 0) is 21.2 Å². The standard InChI is InChI=1S/C19H36N4O3S2/c1-5-8-15-26-16-9-13-21-19(20-4)22-14-12-17-10-11-18(27-17)28(24,25)23(6-2)7-3/h10-11H,5-9,12-16H2,1-4H3,(H2,20,21,22). The molecule has 0 aliphatic heterocycles. The maximum atomic E-state index is 12.5. The van der Waals surface area contributed by atoms with Crippen LogP contribution in [-0.4, -0.2) is 65.1 Å². The smallest absolute Gasteiger partial charge is 0.252 e.